The normalized spacial score (nSPS) is 15.9. The minimum absolute atomic E-state index is 0.0913. The van der Waals surface area contributed by atoms with Crippen LogP contribution in [0.5, 0.6) is 0 Å². The summed E-state index contributed by atoms with van der Waals surface area (Å²) in [6.07, 6.45) is 2.69. The summed E-state index contributed by atoms with van der Waals surface area (Å²) in [6, 6.07) is 7.55. The fourth-order valence-electron chi connectivity index (χ4n) is 3.64. The maximum Gasteiger partial charge on any atom is 0.248 e. The molecule has 3 aromatic rings. The monoisotopic (exact) mass is 446 g/mol. The van der Waals surface area contributed by atoms with Crippen LogP contribution in [0.25, 0.3) is 10.6 Å². The van der Waals surface area contributed by atoms with Gasteiger partial charge >= 0.3 is 0 Å². The molecule has 1 N–H and O–H groups in total. The van der Waals surface area contributed by atoms with Crippen LogP contribution < -0.4 is 5.32 Å². The standard InChI is InChI=1S/C20H22N4O4S2/c1-13-18(14(2)28-23-13)30(26,27)24-10-7-15(8-11-24)19(25)22-17-5-3-16(4-6-17)20-21-9-12-29-20/h3-6,9,12,15H,7-8,10-11H2,1-2H3,(H,22,25). The molecule has 0 radical (unpaired) electrons. The van der Waals surface area contributed by atoms with Gasteiger partial charge in [-0.05, 0) is 51.0 Å². The number of carbonyl (C=O) groups is 1. The lowest BCUT2D eigenvalue weighted by molar-refractivity contribution is -0.120. The molecule has 158 valence electrons. The van der Waals surface area contributed by atoms with Gasteiger partial charge in [-0.1, -0.05) is 5.16 Å². The first-order valence-corrected chi connectivity index (χ1v) is 11.9. The van der Waals surface area contributed by atoms with Crippen LogP contribution in [0.15, 0.2) is 45.3 Å². The number of amides is 1. The topological polar surface area (TPSA) is 105 Å². The zero-order valence-electron chi connectivity index (χ0n) is 16.7. The highest BCUT2D eigenvalue weighted by molar-refractivity contribution is 7.89. The Labute approximate surface area is 179 Å². The van der Waals surface area contributed by atoms with E-state index in [4.69, 9.17) is 4.52 Å². The van der Waals surface area contributed by atoms with Gasteiger partial charge in [-0.3, -0.25) is 4.79 Å². The number of thiazole rings is 1. The maximum atomic E-state index is 12.9. The van der Waals surface area contributed by atoms with E-state index in [1.807, 2.05) is 29.6 Å². The zero-order chi connectivity index (χ0) is 21.3. The molecule has 30 heavy (non-hydrogen) atoms. The molecule has 1 aromatic carbocycles. The first-order chi connectivity index (χ1) is 14.4. The van der Waals surface area contributed by atoms with Gasteiger partial charge in [0.25, 0.3) is 0 Å². The molecule has 10 heteroatoms. The summed E-state index contributed by atoms with van der Waals surface area (Å²) in [5.41, 5.74) is 2.07. The van der Waals surface area contributed by atoms with Crippen LogP contribution in [0.4, 0.5) is 5.69 Å². The highest BCUT2D eigenvalue weighted by Gasteiger charge is 2.35. The van der Waals surface area contributed by atoms with E-state index in [0.29, 0.717) is 24.2 Å². The van der Waals surface area contributed by atoms with E-state index >= 15 is 0 Å². The van der Waals surface area contributed by atoms with Crippen molar-refractivity contribution in [3.05, 3.63) is 47.3 Å². The third-order valence-electron chi connectivity index (χ3n) is 5.22. The Bertz CT molecular complexity index is 1110. The Hall–Kier alpha value is -2.56. The molecule has 0 bridgehead atoms. The van der Waals surface area contributed by atoms with Gasteiger partial charge in [0.15, 0.2) is 5.76 Å². The van der Waals surface area contributed by atoms with Gasteiger partial charge < -0.3 is 9.84 Å². The summed E-state index contributed by atoms with van der Waals surface area (Å²) in [5.74, 6) is -0.0419. The predicted molar refractivity (Wildman–Crippen MR) is 114 cm³/mol. The first kappa shape index (κ1) is 20.7. The number of aromatic nitrogens is 2. The van der Waals surface area contributed by atoms with Gasteiger partial charge in [-0.2, -0.15) is 4.31 Å². The van der Waals surface area contributed by atoms with Crippen LogP contribution in [-0.4, -0.2) is 41.9 Å². The minimum atomic E-state index is -3.67. The molecule has 0 spiro atoms. The molecule has 0 atom stereocenters. The number of piperidine rings is 1. The van der Waals surface area contributed by atoms with Crippen LogP contribution in [0, 0.1) is 19.8 Å². The van der Waals surface area contributed by atoms with Crippen LogP contribution in [0.1, 0.15) is 24.3 Å². The zero-order valence-corrected chi connectivity index (χ0v) is 18.3. The Morgan fingerprint density at radius 1 is 1.20 bits per heavy atom. The fourth-order valence-corrected chi connectivity index (χ4v) is 6.04. The molecule has 0 saturated carbocycles. The largest absolute Gasteiger partial charge is 0.360 e. The van der Waals surface area contributed by atoms with Crippen molar-refractivity contribution >= 4 is 33.0 Å². The average Bonchev–Trinajstić information content (AvgIpc) is 3.39. The Morgan fingerprint density at radius 2 is 1.90 bits per heavy atom. The second kappa shape index (κ2) is 8.29. The van der Waals surface area contributed by atoms with Crippen molar-refractivity contribution in [2.45, 2.75) is 31.6 Å². The van der Waals surface area contributed by atoms with E-state index in [2.05, 4.69) is 15.5 Å². The number of aryl methyl sites for hydroxylation is 2. The van der Waals surface area contributed by atoms with Crippen molar-refractivity contribution in [2.24, 2.45) is 5.92 Å². The fraction of sp³-hybridized carbons (Fsp3) is 0.350. The minimum Gasteiger partial charge on any atom is -0.360 e. The molecule has 1 amide bonds. The second-order valence-corrected chi connectivity index (χ2v) is 10.0. The summed E-state index contributed by atoms with van der Waals surface area (Å²) in [7, 11) is -3.67. The summed E-state index contributed by atoms with van der Waals surface area (Å²) in [5, 5.41) is 9.53. The molecule has 0 unspecified atom stereocenters. The molecule has 2 aromatic heterocycles. The lowest BCUT2D eigenvalue weighted by atomic mass is 9.97. The van der Waals surface area contributed by atoms with Gasteiger partial charge in [0.2, 0.25) is 15.9 Å². The predicted octanol–water partition coefficient (Wildman–Crippen LogP) is 3.45. The van der Waals surface area contributed by atoms with Crippen molar-refractivity contribution in [2.75, 3.05) is 18.4 Å². The molecule has 0 aliphatic carbocycles. The van der Waals surface area contributed by atoms with Crippen LogP contribution in [-0.2, 0) is 14.8 Å². The van der Waals surface area contributed by atoms with E-state index in [1.54, 1.807) is 31.4 Å². The van der Waals surface area contributed by atoms with Crippen molar-refractivity contribution in [3.8, 4) is 10.6 Å². The van der Waals surface area contributed by atoms with Gasteiger partial charge in [0.1, 0.15) is 15.6 Å². The van der Waals surface area contributed by atoms with Crippen LogP contribution >= 0.6 is 11.3 Å². The molecular formula is C20H22N4O4S2. The average molecular weight is 447 g/mol. The van der Waals surface area contributed by atoms with Gasteiger partial charge in [0.05, 0.1) is 0 Å². The van der Waals surface area contributed by atoms with E-state index in [-0.39, 0.29) is 35.6 Å². The number of carbonyl (C=O) groups excluding carboxylic acids is 1. The third-order valence-corrected chi connectivity index (χ3v) is 8.19. The Kier molecular flexibility index (Phi) is 5.72. The number of hydrogen-bond donors (Lipinski definition) is 1. The summed E-state index contributed by atoms with van der Waals surface area (Å²) in [4.78, 5) is 17.1. The molecular weight excluding hydrogens is 424 g/mol. The molecule has 1 aliphatic rings. The number of hydrogen-bond acceptors (Lipinski definition) is 7. The number of benzene rings is 1. The van der Waals surface area contributed by atoms with Crippen molar-refractivity contribution in [1.82, 2.24) is 14.4 Å². The Morgan fingerprint density at radius 3 is 2.47 bits per heavy atom. The number of rotatable bonds is 5. The highest BCUT2D eigenvalue weighted by atomic mass is 32.2. The number of nitrogens with one attached hydrogen (secondary N) is 1. The SMILES string of the molecule is Cc1noc(C)c1S(=O)(=O)N1CCC(C(=O)Nc2ccc(-c3nccs3)cc2)CC1. The Balaban J connectivity index is 1.36. The van der Waals surface area contributed by atoms with Crippen LogP contribution in [0.3, 0.4) is 0 Å². The summed E-state index contributed by atoms with van der Waals surface area (Å²) < 4.78 is 32.2. The summed E-state index contributed by atoms with van der Waals surface area (Å²) >= 11 is 1.56. The molecule has 4 rings (SSSR count). The highest BCUT2D eigenvalue weighted by Crippen LogP contribution is 2.28. The van der Waals surface area contributed by atoms with E-state index < -0.39 is 10.0 Å². The molecule has 1 aliphatic heterocycles. The van der Waals surface area contributed by atoms with Crippen LogP contribution in [0.2, 0.25) is 0 Å². The second-order valence-electron chi connectivity index (χ2n) is 7.24. The maximum absolute atomic E-state index is 12.9. The smallest absolute Gasteiger partial charge is 0.248 e. The first-order valence-electron chi connectivity index (χ1n) is 9.60. The number of sulfonamides is 1. The lowest BCUT2D eigenvalue weighted by Crippen LogP contribution is -2.41. The van der Waals surface area contributed by atoms with Crippen molar-refractivity contribution < 1.29 is 17.7 Å². The van der Waals surface area contributed by atoms with Crippen molar-refractivity contribution in [3.63, 3.8) is 0 Å². The molecule has 1 fully saturated rings. The summed E-state index contributed by atoms with van der Waals surface area (Å²) in [6.45, 7) is 3.77. The molecule has 1 saturated heterocycles. The number of nitrogens with zero attached hydrogens (tertiary/aromatic N) is 3. The molecule has 3 heterocycles. The quantitative estimate of drug-likeness (QED) is 0.643. The van der Waals surface area contributed by atoms with Gasteiger partial charge in [-0.15, -0.1) is 11.3 Å². The van der Waals surface area contributed by atoms with Gasteiger partial charge in [-0.25, -0.2) is 13.4 Å². The van der Waals surface area contributed by atoms with E-state index in [1.165, 1.54) is 4.31 Å². The molecule has 8 nitrogen and oxygen atoms in total. The number of anilines is 1. The van der Waals surface area contributed by atoms with E-state index in [0.717, 1.165) is 10.6 Å². The lowest BCUT2D eigenvalue weighted by Gasteiger charge is -2.30. The third kappa shape index (κ3) is 4.03. The van der Waals surface area contributed by atoms with Gasteiger partial charge in [0, 0.05) is 41.8 Å². The van der Waals surface area contributed by atoms with Crippen molar-refractivity contribution in [1.29, 1.82) is 0 Å². The van der Waals surface area contributed by atoms with E-state index in [9.17, 15) is 13.2 Å².